The highest BCUT2D eigenvalue weighted by Gasteiger charge is 2.11. The third kappa shape index (κ3) is 1.56. The van der Waals surface area contributed by atoms with Crippen molar-refractivity contribution >= 4 is 17.2 Å². The van der Waals surface area contributed by atoms with Crippen molar-refractivity contribution in [2.24, 2.45) is 0 Å². The van der Waals surface area contributed by atoms with Crippen molar-refractivity contribution in [3.8, 4) is 5.75 Å². The lowest BCUT2D eigenvalue weighted by Crippen LogP contribution is -2.04. The minimum absolute atomic E-state index is 0.101. The molecule has 0 aliphatic carbocycles. The molecule has 0 aliphatic heterocycles. The van der Waals surface area contributed by atoms with Crippen LogP contribution in [-0.4, -0.2) is 12.9 Å². The zero-order valence-corrected chi connectivity index (χ0v) is 7.63. The summed E-state index contributed by atoms with van der Waals surface area (Å²) < 4.78 is 4.96. The first kappa shape index (κ1) is 9.38. The second kappa shape index (κ2) is 3.35. The Morgan fingerprint density at radius 3 is 2.46 bits per heavy atom. The van der Waals surface area contributed by atoms with Crippen LogP contribution in [0.2, 0.25) is 0 Å². The Morgan fingerprint density at radius 1 is 1.38 bits per heavy atom. The molecule has 0 heterocycles. The average molecular weight is 180 g/mol. The third-order valence-corrected chi connectivity index (χ3v) is 1.81. The maximum atomic E-state index is 11.1. The van der Waals surface area contributed by atoms with E-state index >= 15 is 0 Å². The van der Waals surface area contributed by atoms with Crippen molar-refractivity contribution in [3.63, 3.8) is 0 Å². The Balaban J connectivity index is 3.35. The molecule has 1 aromatic rings. The fourth-order valence-corrected chi connectivity index (χ4v) is 1.15. The van der Waals surface area contributed by atoms with Crippen LogP contribution in [0.3, 0.4) is 0 Å². The van der Waals surface area contributed by atoms with Gasteiger partial charge >= 0.3 is 0 Å². The summed E-state index contributed by atoms with van der Waals surface area (Å²) in [6, 6.07) is 3.20. The first-order valence-corrected chi connectivity index (χ1v) is 3.80. The number of ether oxygens (including phenoxy) is 1. The normalized spacial score (nSPS) is 9.69. The van der Waals surface area contributed by atoms with Crippen LogP contribution in [0.1, 0.15) is 17.3 Å². The fraction of sp³-hybridized carbons (Fsp3) is 0.222. The number of methoxy groups -OCH3 is 1. The highest BCUT2D eigenvalue weighted by molar-refractivity contribution is 6.01. The average Bonchev–Trinajstić information content (AvgIpc) is 2.04. The van der Waals surface area contributed by atoms with Gasteiger partial charge in [-0.25, -0.2) is 0 Å². The molecule has 0 spiro atoms. The quantitative estimate of drug-likeness (QED) is 0.527. The van der Waals surface area contributed by atoms with Gasteiger partial charge in [-0.15, -0.1) is 0 Å². The van der Waals surface area contributed by atoms with Gasteiger partial charge in [0.25, 0.3) is 0 Å². The van der Waals surface area contributed by atoms with Crippen LogP contribution in [0.5, 0.6) is 5.75 Å². The van der Waals surface area contributed by atoms with Gasteiger partial charge in [-0.2, -0.15) is 0 Å². The van der Waals surface area contributed by atoms with E-state index in [9.17, 15) is 4.79 Å². The van der Waals surface area contributed by atoms with Crippen molar-refractivity contribution in [3.05, 3.63) is 17.7 Å². The Bertz CT molecular complexity index is 348. The molecule has 0 fully saturated rings. The van der Waals surface area contributed by atoms with Gasteiger partial charge in [-0.1, -0.05) is 0 Å². The molecule has 13 heavy (non-hydrogen) atoms. The van der Waals surface area contributed by atoms with Gasteiger partial charge in [-0.3, -0.25) is 4.79 Å². The van der Waals surface area contributed by atoms with E-state index in [2.05, 4.69) is 0 Å². The lowest BCUT2D eigenvalue weighted by Gasteiger charge is -2.10. The molecular formula is C9H12N2O2. The van der Waals surface area contributed by atoms with Crippen LogP contribution >= 0.6 is 0 Å². The van der Waals surface area contributed by atoms with E-state index in [-0.39, 0.29) is 5.78 Å². The zero-order valence-electron chi connectivity index (χ0n) is 7.63. The summed E-state index contributed by atoms with van der Waals surface area (Å²) in [6.07, 6.45) is 0. The Labute approximate surface area is 76.5 Å². The van der Waals surface area contributed by atoms with Gasteiger partial charge in [-0.05, 0) is 19.1 Å². The van der Waals surface area contributed by atoms with E-state index in [4.69, 9.17) is 16.2 Å². The number of hydrogen-bond acceptors (Lipinski definition) is 4. The Hall–Kier alpha value is -1.71. The molecule has 0 unspecified atom stereocenters. The standard InChI is InChI=1S/C9H12N2O2/c1-5(12)6-3-4-7(10)9(13-2)8(6)11/h3-4H,10-11H2,1-2H3. The van der Waals surface area contributed by atoms with E-state index in [1.807, 2.05) is 0 Å². The van der Waals surface area contributed by atoms with E-state index in [0.717, 1.165) is 0 Å². The molecule has 0 amide bonds. The summed E-state index contributed by atoms with van der Waals surface area (Å²) in [4.78, 5) is 11.1. The van der Waals surface area contributed by atoms with Crippen LogP contribution in [0.15, 0.2) is 12.1 Å². The Morgan fingerprint density at radius 2 is 2.00 bits per heavy atom. The lowest BCUT2D eigenvalue weighted by molar-refractivity contribution is 0.101. The molecule has 1 aromatic carbocycles. The molecule has 70 valence electrons. The van der Waals surface area contributed by atoms with Crippen molar-refractivity contribution in [1.29, 1.82) is 0 Å². The van der Waals surface area contributed by atoms with Crippen LogP contribution in [0.4, 0.5) is 11.4 Å². The lowest BCUT2D eigenvalue weighted by atomic mass is 10.1. The molecule has 4 N–H and O–H groups in total. The number of Topliss-reactive ketones (excluding diaryl/α,β-unsaturated/α-hetero) is 1. The number of hydrogen-bond donors (Lipinski definition) is 2. The number of benzene rings is 1. The molecule has 1 rings (SSSR count). The molecular weight excluding hydrogens is 168 g/mol. The molecule has 0 aliphatic rings. The molecule has 0 aromatic heterocycles. The predicted octanol–water partition coefficient (Wildman–Crippen LogP) is 1.06. The first-order chi connectivity index (χ1) is 6.07. The van der Waals surface area contributed by atoms with Crippen molar-refractivity contribution in [2.75, 3.05) is 18.6 Å². The summed E-state index contributed by atoms with van der Waals surface area (Å²) in [6.45, 7) is 1.45. The maximum absolute atomic E-state index is 11.1. The topological polar surface area (TPSA) is 78.3 Å². The number of carbonyl (C=O) groups is 1. The van der Waals surface area contributed by atoms with Crippen LogP contribution in [0.25, 0.3) is 0 Å². The van der Waals surface area contributed by atoms with Crippen molar-refractivity contribution < 1.29 is 9.53 Å². The zero-order chi connectivity index (χ0) is 10.0. The molecule has 0 saturated heterocycles. The van der Waals surface area contributed by atoms with Crippen LogP contribution in [0, 0.1) is 0 Å². The van der Waals surface area contributed by atoms with Gasteiger partial charge in [0.05, 0.1) is 18.5 Å². The maximum Gasteiger partial charge on any atom is 0.165 e. The van der Waals surface area contributed by atoms with Gasteiger partial charge in [0, 0.05) is 5.56 Å². The van der Waals surface area contributed by atoms with Gasteiger partial charge in [0.2, 0.25) is 0 Å². The number of carbonyl (C=O) groups excluding carboxylic acids is 1. The van der Waals surface area contributed by atoms with Crippen LogP contribution < -0.4 is 16.2 Å². The van der Waals surface area contributed by atoms with E-state index < -0.39 is 0 Å². The molecule has 4 heteroatoms. The number of anilines is 2. The first-order valence-electron chi connectivity index (χ1n) is 3.80. The number of rotatable bonds is 2. The summed E-state index contributed by atoms with van der Waals surface area (Å²) in [5.41, 5.74) is 12.4. The smallest absolute Gasteiger partial charge is 0.165 e. The van der Waals surface area contributed by atoms with Gasteiger partial charge < -0.3 is 16.2 Å². The van der Waals surface area contributed by atoms with Gasteiger partial charge in [0.1, 0.15) is 0 Å². The van der Waals surface area contributed by atoms with Crippen molar-refractivity contribution in [1.82, 2.24) is 0 Å². The summed E-state index contributed by atoms with van der Waals surface area (Å²) >= 11 is 0. The van der Waals surface area contributed by atoms with Crippen LogP contribution in [-0.2, 0) is 0 Å². The largest absolute Gasteiger partial charge is 0.492 e. The predicted molar refractivity (Wildman–Crippen MR) is 51.8 cm³/mol. The van der Waals surface area contributed by atoms with E-state index in [1.54, 1.807) is 12.1 Å². The summed E-state index contributed by atoms with van der Waals surface area (Å²) in [7, 11) is 1.46. The van der Waals surface area contributed by atoms with E-state index in [0.29, 0.717) is 22.7 Å². The minimum atomic E-state index is -0.101. The molecule has 0 bridgehead atoms. The third-order valence-electron chi connectivity index (χ3n) is 1.81. The molecule has 0 saturated carbocycles. The van der Waals surface area contributed by atoms with Gasteiger partial charge in [0.15, 0.2) is 11.5 Å². The summed E-state index contributed by atoms with van der Waals surface area (Å²) in [5.74, 6) is 0.267. The molecule has 0 radical (unpaired) electrons. The van der Waals surface area contributed by atoms with Crippen molar-refractivity contribution in [2.45, 2.75) is 6.92 Å². The van der Waals surface area contributed by atoms with E-state index in [1.165, 1.54) is 14.0 Å². The molecule has 4 nitrogen and oxygen atoms in total. The second-order valence-electron chi connectivity index (χ2n) is 2.71. The highest BCUT2D eigenvalue weighted by Crippen LogP contribution is 2.31. The monoisotopic (exact) mass is 180 g/mol. The fourth-order valence-electron chi connectivity index (χ4n) is 1.15. The highest BCUT2D eigenvalue weighted by atomic mass is 16.5. The number of nitrogen functional groups attached to an aromatic ring is 2. The summed E-state index contributed by atoms with van der Waals surface area (Å²) in [5, 5.41) is 0. The molecule has 0 atom stereocenters. The number of nitrogens with two attached hydrogens (primary N) is 2. The Kier molecular flexibility index (Phi) is 2.41. The SMILES string of the molecule is COc1c(N)ccc(C(C)=O)c1N. The minimum Gasteiger partial charge on any atom is -0.492 e. The second-order valence-corrected chi connectivity index (χ2v) is 2.71. The number of ketones is 1.